The van der Waals surface area contributed by atoms with E-state index in [1.165, 1.54) is 12.1 Å². The second-order valence-corrected chi connectivity index (χ2v) is 6.33. The number of H-pyrrole nitrogens is 1. The number of hydrogen-bond acceptors (Lipinski definition) is 2. The SMILES string of the molecule is O=C(N[C@H](Cc1ccccc1)c1nc2ccccc2[nH]1)c1ccccc1F. The molecule has 0 aliphatic heterocycles. The van der Waals surface area contributed by atoms with E-state index in [2.05, 4.69) is 15.3 Å². The van der Waals surface area contributed by atoms with Crippen molar-refractivity contribution < 1.29 is 9.18 Å². The number of nitrogens with zero attached hydrogens (tertiary/aromatic N) is 1. The third kappa shape index (κ3) is 3.72. The molecule has 5 heteroatoms. The van der Waals surface area contributed by atoms with Crippen molar-refractivity contribution in [2.24, 2.45) is 0 Å². The number of para-hydroxylation sites is 2. The zero-order valence-corrected chi connectivity index (χ0v) is 14.5. The largest absolute Gasteiger partial charge is 0.342 e. The maximum absolute atomic E-state index is 14.0. The number of halogens is 1. The van der Waals surface area contributed by atoms with Crippen LogP contribution in [0.2, 0.25) is 0 Å². The molecule has 27 heavy (non-hydrogen) atoms. The second kappa shape index (κ2) is 7.41. The monoisotopic (exact) mass is 359 g/mol. The van der Waals surface area contributed by atoms with E-state index in [1.807, 2.05) is 54.6 Å². The zero-order chi connectivity index (χ0) is 18.6. The highest BCUT2D eigenvalue weighted by molar-refractivity contribution is 5.94. The number of benzene rings is 3. The fourth-order valence-corrected chi connectivity index (χ4v) is 3.08. The smallest absolute Gasteiger partial charge is 0.254 e. The van der Waals surface area contributed by atoms with Crippen LogP contribution in [0.15, 0.2) is 78.9 Å². The Bertz CT molecular complexity index is 1040. The van der Waals surface area contributed by atoms with Crippen LogP contribution in [-0.2, 0) is 6.42 Å². The average Bonchev–Trinajstić information content (AvgIpc) is 3.13. The summed E-state index contributed by atoms with van der Waals surface area (Å²) in [4.78, 5) is 20.5. The third-order valence-corrected chi connectivity index (χ3v) is 4.44. The number of fused-ring (bicyclic) bond motifs is 1. The summed E-state index contributed by atoms with van der Waals surface area (Å²) in [6.45, 7) is 0. The second-order valence-electron chi connectivity index (χ2n) is 6.33. The summed E-state index contributed by atoms with van der Waals surface area (Å²) < 4.78 is 14.0. The van der Waals surface area contributed by atoms with Crippen LogP contribution in [0.25, 0.3) is 11.0 Å². The van der Waals surface area contributed by atoms with Crippen LogP contribution in [0, 0.1) is 5.82 Å². The van der Waals surface area contributed by atoms with Gasteiger partial charge in [-0.25, -0.2) is 9.37 Å². The van der Waals surface area contributed by atoms with E-state index >= 15 is 0 Å². The molecule has 0 bridgehead atoms. The quantitative estimate of drug-likeness (QED) is 0.554. The molecule has 0 aliphatic carbocycles. The first-order valence-corrected chi connectivity index (χ1v) is 8.74. The van der Waals surface area contributed by atoms with Crippen LogP contribution in [0.5, 0.6) is 0 Å². The highest BCUT2D eigenvalue weighted by Gasteiger charge is 2.21. The predicted octanol–water partition coefficient (Wildman–Crippen LogP) is 4.42. The number of hydrogen-bond donors (Lipinski definition) is 2. The number of aromatic nitrogens is 2. The molecule has 1 aromatic heterocycles. The fraction of sp³-hybridized carbons (Fsp3) is 0.0909. The Kier molecular flexibility index (Phi) is 4.66. The third-order valence-electron chi connectivity index (χ3n) is 4.44. The van der Waals surface area contributed by atoms with Gasteiger partial charge in [0.1, 0.15) is 11.6 Å². The molecule has 4 rings (SSSR count). The molecule has 0 radical (unpaired) electrons. The minimum atomic E-state index is -0.543. The molecule has 1 atom stereocenters. The molecule has 4 nitrogen and oxygen atoms in total. The number of nitrogens with one attached hydrogen (secondary N) is 2. The molecule has 0 unspecified atom stereocenters. The minimum Gasteiger partial charge on any atom is -0.342 e. The van der Waals surface area contributed by atoms with Crippen molar-refractivity contribution in [1.29, 1.82) is 0 Å². The number of rotatable bonds is 5. The van der Waals surface area contributed by atoms with E-state index < -0.39 is 17.8 Å². The predicted molar refractivity (Wildman–Crippen MR) is 103 cm³/mol. The van der Waals surface area contributed by atoms with Crippen LogP contribution in [0.4, 0.5) is 4.39 Å². The summed E-state index contributed by atoms with van der Waals surface area (Å²) >= 11 is 0. The van der Waals surface area contributed by atoms with Gasteiger partial charge in [0.2, 0.25) is 0 Å². The summed E-state index contributed by atoms with van der Waals surface area (Å²) in [7, 11) is 0. The lowest BCUT2D eigenvalue weighted by Gasteiger charge is -2.17. The van der Waals surface area contributed by atoms with E-state index in [1.54, 1.807) is 12.1 Å². The van der Waals surface area contributed by atoms with Crippen LogP contribution in [0.1, 0.15) is 27.8 Å². The van der Waals surface area contributed by atoms with E-state index in [0.29, 0.717) is 12.2 Å². The fourth-order valence-electron chi connectivity index (χ4n) is 3.08. The molecule has 0 aliphatic rings. The van der Waals surface area contributed by atoms with Crippen molar-refractivity contribution in [3.05, 3.63) is 102 Å². The number of carbonyl (C=O) groups excluding carboxylic acids is 1. The first-order chi connectivity index (χ1) is 13.2. The number of carbonyl (C=O) groups is 1. The summed E-state index contributed by atoms with van der Waals surface area (Å²) in [5.41, 5.74) is 2.79. The van der Waals surface area contributed by atoms with Crippen molar-refractivity contribution in [2.45, 2.75) is 12.5 Å². The maximum Gasteiger partial charge on any atom is 0.254 e. The standard InChI is InChI=1S/C22H18FN3O/c23-17-11-5-4-10-16(17)22(27)26-20(14-15-8-2-1-3-9-15)21-24-18-12-6-7-13-19(18)25-21/h1-13,20H,14H2,(H,24,25)(H,26,27)/t20-/m1/s1. The topological polar surface area (TPSA) is 57.8 Å². The minimum absolute atomic E-state index is 0.0201. The molecule has 0 saturated heterocycles. The Morgan fingerprint density at radius 2 is 1.67 bits per heavy atom. The zero-order valence-electron chi connectivity index (χ0n) is 14.5. The number of imidazole rings is 1. The average molecular weight is 359 g/mol. The molecule has 134 valence electrons. The van der Waals surface area contributed by atoms with Gasteiger partial charge in [-0.3, -0.25) is 4.79 Å². The lowest BCUT2D eigenvalue weighted by atomic mass is 10.0. The summed E-state index contributed by atoms with van der Waals surface area (Å²) in [5, 5.41) is 2.93. The first-order valence-electron chi connectivity index (χ1n) is 8.74. The molecule has 1 amide bonds. The Balaban J connectivity index is 1.67. The highest BCUT2D eigenvalue weighted by atomic mass is 19.1. The summed E-state index contributed by atoms with van der Waals surface area (Å²) in [6.07, 6.45) is 0.543. The normalized spacial score (nSPS) is 12.0. The Labute approximate surface area is 156 Å². The van der Waals surface area contributed by atoms with Gasteiger partial charge in [0.25, 0.3) is 5.91 Å². The van der Waals surface area contributed by atoms with Gasteiger partial charge >= 0.3 is 0 Å². The maximum atomic E-state index is 14.0. The summed E-state index contributed by atoms with van der Waals surface area (Å²) in [5.74, 6) is -0.364. The van der Waals surface area contributed by atoms with E-state index in [0.717, 1.165) is 16.6 Å². The van der Waals surface area contributed by atoms with Crippen LogP contribution < -0.4 is 5.32 Å². The van der Waals surface area contributed by atoms with E-state index in [4.69, 9.17) is 0 Å². The van der Waals surface area contributed by atoms with Crippen molar-refractivity contribution in [1.82, 2.24) is 15.3 Å². The Hall–Kier alpha value is -3.47. The van der Waals surface area contributed by atoms with Gasteiger partial charge in [-0.1, -0.05) is 54.6 Å². The number of aromatic amines is 1. The van der Waals surface area contributed by atoms with E-state index in [-0.39, 0.29) is 5.56 Å². The molecule has 1 heterocycles. The van der Waals surface area contributed by atoms with Gasteiger partial charge in [-0.05, 0) is 36.2 Å². The van der Waals surface area contributed by atoms with E-state index in [9.17, 15) is 9.18 Å². The van der Waals surface area contributed by atoms with Gasteiger partial charge in [0, 0.05) is 0 Å². The van der Waals surface area contributed by atoms with Gasteiger partial charge in [0.05, 0.1) is 22.6 Å². The first kappa shape index (κ1) is 17.0. The van der Waals surface area contributed by atoms with Crippen molar-refractivity contribution in [3.8, 4) is 0 Å². The lowest BCUT2D eigenvalue weighted by Crippen LogP contribution is -2.31. The molecule has 0 spiro atoms. The van der Waals surface area contributed by atoms with Crippen LogP contribution >= 0.6 is 0 Å². The molecular formula is C22H18FN3O. The lowest BCUT2D eigenvalue weighted by molar-refractivity contribution is 0.0931. The Morgan fingerprint density at radius 1 is 0.963 bits per heavy atom. The van der Waals surface area contributed by atoms with Gasteiger partial charge in [-0.15, -0.1) is 0 Å². The van der Waals surface area contributed by atoms with Gasteiger partial charge < -0.3 is 10.3 Å². The van der Waals surface area contributed by atoms with Crippen molar-refractivity contribution in [2.75, 3.05) is 0 Å². The molecule has 2 N–H and O–H groups in total. The molecule has 0 fully saturated rings. The van der Waals surface area contributed by atoms with Gasteiger partial charge in [0.15, 0.2) is 0 Å². The number of amides is 1. The highest BCUT2D eigenvalue weighted by Crippen LogP contribution is 2.21. The van der Waals surface area contributed by atoms with Crippen molar-refractivity contribution in [3.63, 3.8) is 0 Å². The van der Waals surface area contributed by atoms with Crippen LogP contribution in [0.3, 0.4) is 0 Å². The molecule has 4 aromatic rings. The Morgan fingerprint density at radius 3 is 2.44 bits per heavy atom. The van der Waals surface area contributed by atoms with Crippen molar-refractivity contribution >= 4 is 16.9 Å². The molecule has 3 aromatic carbocycles. The molecular weight excluding hydrogens is 341 g/mol. The van der Waals surface area contributed by atoms with Gasteiger partial charge in [-0.2, -0.15) is 0 Å². The summed E-state index contributed by atoms with van der Waals surface area (Å²) in [6, 6.07) is 23.1. The van der Waals surface area contributed by atoms with Crippen LogP contribution in [-0.4, -0.2) is 15.9 Å². The molecule has 0 saturated carbocycles.